The SMILES string of the molecule is O=CN1CCN(S(=O)(=O)CCCOc2ccc([N+](=O)[O-])c(/C=C3\NC(=O)NC3=O)c2)CC1. The molecule has 0 saturated carbocycles. The van der Waals surface area contributed by atoms with E-state index in [1.54, 1.807) is 0 Å². The van der Waals surface area contributed by atoms with Crippen LogP contribution in [-0.4, -0.2) is 79.4 Å². The molecule has 1 aromatic rings. The molecule has 2 N–H and O–H groups in total. The molecule has 2 fully saturated rings. The number of nitro benzene ring substituents is 1. The smallest absolute Gasteiger partial charge is 0.326 e. The van der Waals surface area contributed by atoms with Crippen LogP contribution in [0.5, 0.6) is 5.75 Å². The van der Waals surface area contributed by atoms with Gasteiger partial charge in [0.2, 0.25) is 16.4 Å². The van der Waals surface area contributed by atoms with Crippen LogP contribution in [0.15, 0.2) is 23.9 Å². The quantitative estimate of drug-likeness (QED) is 0.124. The number of piperazine rings is 1. The molecule has 0 spiro atoms. The Hall–Kier alpha value is -3.52. The Kier molecular flexibility index (Phi) is 7.05. The van der Waals surface area contributed by atoms with Crippen molar-refractivity contribution in [2.45, 2.75) is 6.42 Å². The van der Waals surface area contributed by atoms with Gasteiger partial charge >= 0.3 is 6.03 Å². The highest BCUT2D eigenvalue weighted by Gasteiger charge is 2.26. The molecule has 0 bridgehead atoms. The van der Waals surface area contributed by atoms with Crippen LogP contribution in [0.1, 0.15) is 12.0 Å². The summed E-state index contributed by atoms with van der Waals surface area (Å²) in [7, 11) is -3.50. The van der Waals surface area contributed by atoms with Crippen molar-refractivity contribution in [3.63, 3.8) is 0 Å². The molecular formula is C18H21N5O8S. The lowest BCUT2D eigenvalue weighted by atomic mass is 10.1. The van der Waals surface area contributed by atoms with Gasteiger partial charge in [0.05, 0.1) is 22.8 Å². The van der Waals surface area contributed by atoms with Crippen LogP contribution >= 0.6 is 0 Å². The predicted molar refractivity (Wildman–Crippen MR) is 111 cm³/mol. The maximum absolute atomic E-state index is 12.4. The zero-order chi connectivity index (χ0) is 23.3. The molecule has 14 heteroatoms. The lowest BCUT2D eigenvalue weighted by Crippen LogP contribution is -2.48. The van der Waals surface area contributed by atoms with Crippen LogP contribution in [0.25, 0.3) is 6.08 Å². The Labute approximate surface area is 183 Å². The van der Waals surface area contributed by atoms with Crippen molar-refractivity contribution in [1.29, 1.82) is 0 Å². The standard InChI is InChI=1S/C18H21N5O8S/c24-12-21-4-6-22(7-5-21)32(29,30)9-1-8-31-14-2-3-16(23(27)28)13(10-14)11-15-17(25)20-18(26)19-15/h2-3,10-12H,1,4-9H2,(H2,19,20,25,26)/b15-11-. The largest absolute Gasteiger partial charge is 0.494 e. The summed E-state index contributed by atoms with van der Waals surface area (Å²) in [5.41, 5.74) is -0.396. The lowest BCUT2D eigenvalue weighted by Gasteiger charge is -2.31. The van der Waals surface area contributed by atoms with Crippen molar-refractivity contribution in [2.24, 2.45) is 0 Å². The number of carbonyl (C=O) groups excluding carboxylic acids is 3. The molecule has 3 rings (SSSR count). The number of imide groups is 1. The van der Waals surface area contributed by atoms with Gasteiger partial charge in [-0.25, -0.2) is 13.2 Å². The monoisotopic (exact) mass is 467 g/mol. The molecule has 0 unspecified atom stereocenters. The Morgan fingerprint density at radius 1 is 1.16 bits per heavy atom. The number of urea groups is 1. The zero-order valence-electron chi connectivity index (χ0n) is 16.9. The third kappa shape index (κ3) is 5.59. The average molecular weight is 467 g/mol. The van der Waals surface area contributed by atoms with E-state index in [2.05, 4.69) is 5.32 Å². The first-order valence-electron chi connectivity index (χ1n) is 9.62. The second-order valence-electron chi connectivity index (χ2n) is 7.00. The molecule has 0 aliphatic carbocycles. The highest BCUT2D eigenvalue weighted by molar-refractivity contribution is 7.89. The molecule has 13 nitrogen and oxygen atoms in total. The van der Waals surface area contributed by atoms with Crippen molar-refractivity contribution in [1.82, 2.24) is 19.8 Å². The van der Waals surface area contributed by atoms with Gasteiger partial charge in [-0.3, -0.25) is 25.0 Å². The van der Waals surface area contributed by atoms with Crippen molar-refractivity contribution in [2.75, 3.05) is 38.5 Å². The normalized spacial score (nSPS) is 18.4. The fourth-order valence-electron chi connectivity index (χ4n) is 3.19. The summed E-state index contributed by atoms with van der Waals surface area (Å²) >= 11 is 0. The van der Waals surface area contributed by atoms with Crippen LogP contribution in [-0.2, 0) is 19.6 Å². The minimum atomic E-state index is -3.50. The summed E-state index contributed by atoms with van der Waals surface area (Å²) in [5.74, 6) is -0.622. The van der Waals surface area contributed by atoms with Crippen molar-refractivity contribution >= 4 is 40.1 Å². The van der Waals surface area contributed by atoms with Crippen LogP contribution in [0.2, 0.25) is 0 Å². The fourth-order valence-corrected chi connectivity index (χ4v) is 4.65. The Bertz CT molecular complexity index is 1060. The van der Waals surface area contributed by atoms with Gasteiger partial charge in [-0.15, -0.1) is 0 Å². The maximum Gasteiger partial charge on any atom is 0.326 e. The third-order valence-electron chi connectivity index (χ3n) is 4.85. The molecular weight excluding hydrogens is 446 g/mol. The Morgan fingerprint density at radius 2 is 1.88 bits per heavy atom. The van der Waals surface area contributed by atoms with Crippen molar-refractivity contribution in [3.05, 3.63) is 39.6 Å². The van der Waals surface area contributed by atoms with Crippen LogP contribution in [0.4, 0.5) is 10.5 Å². The van der Waals surface area contributed by atoms with E-state index in [1.807, 2.05) is 5.32 Å². The minimum absolute atomic E-state index is 0.0403. The number of sulfonamides is 1. The number of benzene rings is 1. The minimum Gasteiger partial charge on any atom is -0.494 e. The van der Waals surface area contributed by atoms with E-state index in [0.717, 1.165) is 6.08 Å². The topological polar surface area (TPSA) is 168 Å². The van der Waals surface area contributed by atoms with Gasteiger partial charge < -0.3 is 15.0 Å². The first kappa shape index (κ1) is 23.1. The molecule has 2 heterocycles. The zero-order valence-corrected chi connectivity index (χ0v) is 17.7. The third-order valence-corrected chi connectivity index (χ3v) is 6.80. The molecule has 2 saturated heterocycles. The molecule has 4 amide bonds. The molecule has 2 aliphatic heterocycles. The number of hydrogen-bond acceptors (Lipinski definition) is 8. The van der Waals surface area contributed by atoms with Gasteiger partial charge in [-0.1, -0.05) is 0 Å². The van der Waals surface area contributed by atoms with E-state index in [9.17, 15) is 32.9 Å². The van der Waals surface area contributed by atoms with Gasteiger partial charge in [-0.2, -0.15) is 4.31 Å². The molecule has 0 atom stereocenters. The Balaban J connectivity index is 1.60. The second-order valence-corrected chi connectivity index (χ2v) is 9.09. The highest BCUT2D eigenvalue weighted by atomic mass is 32.2. The van der Waals surface area contributed by atoms with E-state index in [-0.39, 0.29) is 54.6 Å². The summed E-state index contributed by atoms with van der Waals surface area (Å²) in [6.45, 7) is 1.22. The van der Waals surface area contributed by atoms with Gasteiger partial charge in [-0.05, 0) is 24.6 Å². The van der Waals surface area contributed by atoms with E-state index in [1.165, 1.54) is 27.4 Å². The van der Waals surface area contributed by atoms with Crippen molar-refractivity contribution < 1.29 is 32.5 Å². The summed E-state index contributed by atoms with van der Waals surface area (Å²) in [6.07, 6.45) is 2.04. The number of carbonyl (C=O) groups is 3. The number of nitrogens with zero attached hydrogens (tertiary/aromatic N) is 3. The van der Waals surface area contributed by atoms with Gasteiger partial charge in [0.1, 0.15) is 11.4 Å². The second kappa shape index (κ2) is 9.74. The van der Waals surface area contributed by atoms with Gasteiger partial charge in [0.15, 0.2) is 0 Å². The van der Waals surface area contributed by atoms with Crippen LogP contribution in [0.3, 0.4) is 0 Å². The molecule has 0 aromatic heterocycles. The van der Waals surface area contributed by atoms with Crippen LogP contribution in [0, 0.1) is 10.1 Å². The average Bonchev–Trinajstić information content (AvgIpc) is 3.07. The van der Waals surface area contributed by atoms with E-state index >= 15 is 0 Å². The summed E-state index contributed by atoms with van der Waals surface area (Å²) in [4.78, 5) is 45.8. The fraction of sp³-hybridized carbons (Fsp3) is 0.389. The molecule has 0 radical (unpaired) electrons. The van der Waals surface area contributed by atoms with Gasteiger partial charge in [0, 0.05) is 32.2 Å². The molecule has 32 heavy (non-hydrogen) atoms. The van der Waals surface area contributed by atoms with E-state index < -0.39 is 26.9 Å². The maximum atomic E-state index is 12.4. The number of ether oxygens (including phenoxy) is 1. The summed E-state index contributed by atoms with van der Waals surface area (Å²) in [6, 6.07) is 3.15. The number of hydrogen-bond donors (Lipinski definition) is 2. The lowest BCUT2D eigenvalue weighted by molar-refractivity contribution is -0.385. The van der Waals surface area contributed by atoms with Crippen LogP contribution < -0.4 is 15.4 Å². The number of nitrogens with one attached hydrogen (secondary N) is 2. The van der Waals surface area contributed by atoms with Crippen molar-refractivity contribution in [3.8, 4) is 5.75 Å². The molecule has 172 valence electrons. The summed E-state index contributed by atoms with van der Waals surface area (Å²) in [5, 5.41) is 15.5. The number of rotatable bonds is 9. The molecule has 2 aliphatic rings. The molecule has 1 aromatic carbocycles. The summed E-state index contributed by atoms with van der Waals surface area (Å²) < 4.78 is 31.7. The first-order chi connectivity index (χ1) is 15.2. The first-order valence-corrected chi connectivity index (χ1v) is 11.2. The predicted octanol–water partition coefficient (Wildman–Crippen LogP) is -0.352. The Morgan fingerprint density at radius 3 is 2.47 bits per heavy atom. The number of amides is 4. The highest BCUT2D eigenvalue weighted by Crippen LogP contribution is 2.26. The number of nitro groups is 1. The van der Waals surface area contributed by atoms with E-state index in [0.29, 0.717) is 19.5 Å². The van der Waals surface area contributed by atoms with E-state index in [4.69, 9.17) is 4.74 Å². The van der Waals surface area contributed by atoms with Gasteiger partial charge in [0.25, 0.3) is 11.6 Å².